The maximum absolute atomic E-state index is 11.1. The van der Waals surface area contributed by atoms with Crippen LogP contribution in [0.3, 0.4) is 0 Å². The highest BCUT2D eigenvalue weighted by molar-refractivity contribution is 5.94. The van der Waals surface area contributed by atoms with Gasteiger partial charge >= 0.3 is 6.03 Å². The number of carbonyl (C=O) groups is 2. The molecule has 1 aromatic carbocycles. The van der Waals surface area contributed by atoms with Gasteiger partial charge in [-0.05, 0) is 24.3 Å². The first kappa shape index (κ1) is 13.5. The van der Waals surface area contributed by atoms with Gasteiger partial charge in [-0.15, -0.1) is 0 Å². The summed E-state index contributed by atoms with van der Waals surface area (Å²) in [5.41, 5.74) is 5.56. The Hall–Kier alpha value is -2.90. The number of aromatic nitrogens is 2. The third-order valence-corrected chi connectivity index (χ3v) is 2.27. The number of amides is 3. The van der Waals surface area contributed by atoms with E-state index in [2.05, 4.69) is 10.1 Å². The largest absolute Gasteiger partial charge is 0.484 e. The number of nitrogens with one attached hydrogen (secondary N) is 1. The van der Waals surface area contributed by atoms with Gasteiger partial charge in [0, 0.05) is 12.5 Å². The minimum Gasteiger partial charge on any atom is -0.484 e. The fraction of sp³-hybridized carbons (Fsp3) is 0.167. The average Bonchev–Trinajstić information content (AvgIpc) is 2.83. The molecule has 0 fully saturated rings. The molecule has 2 aromatic rings. The molecular weight excluding hydrogens is 264 g/mol. The molecule has 0 aliphatic rings. The average molecular weight is 276 g/mol. The van der Waals surface area contributed by atoms with Gasteiger partial charge in [-0.1, -0.05) is 5.16 Å². The van der Waals surface area contributed by atoms with E-state index in [9.17, 15) is 9.59 Å². The van der Waals surface area contributed by atoms with Crippen LogP contribution in [0.4, 0.5) is 4.79 Å². The van der Waals surface area contributed by atoms with Gasteiger partial charge < -0.3 is 15.0 Å². The normalized spacial score (nSPS) is 10.1. The van der Waals surface area contributed by atoms with E-state index in [4.69, 9.17) is 15.0 Å². The van der Waals surface area contributed by atoms with Crippen LogP contribution in [0.5, 0.6) is 5.75 Å². The number of nitrogens with two attached hydrogens (primary N) is 1. The minimum atomic E-state index is -0.915. The number of rotatable bonds is 4. The summed E-state index contributed by atoms with van der Waals surface area (Å²) in [5, 5.41) is 5.68. The van der Waals surface area contributed by atoms with Gasteiger partial charge in [0.1, 0.15) is 5.75 Å². The first-order valence-corrected chi connectivity index (χ1v) is 5.67. The number of hydrogen-bond donors (Lipinski definition) is 2. The highest BCUT2D eigenvalue weighted by atomic mass is 16.5. The lowest BCUT2D eigenvalue weighted by molar-refractivity contribution is -0.121. The van der Waals surface area contributed by atoms with Crippen molar-refractivity contribution < 1.29 is 18.8 Å². The standard InChI is InChI=1S/C12H12N4O4/c1-7-14-11(16-20-7)8-2-4-9(5-3-8)19-6-10(17)15-12(13)18/h2-5H,6H2,1H3,(H3,13,15,17,18). The van der Waals surface area contributed by atoms with Crippen molar-refractivity contribution in [2.45, 2.75) is 6.92 Å². The Morgan fingerprint density at radius 3 is 2.60 bits per heavy atom. The second-order valence-corrected chi connectivity index (χ2v) is 3.86. The molecule has 0 spiro atoms. The molecule has 0 bridgehead atoms. The molecule has 0 saturated carbocycles. The molecule has 3 N–H and O–H groups in total. The molecule has 8 nitrogen and oxygen atoms in total. The van der Waals surface area contributed by atoms with Crippen LogP contribution < -0.4 is 15.8 Å². The Bertz CT molecular complexity index is 621. The zero-order valence-corrected chi connectivity index (χ0v) is 10.6. The number of primary amides is 1. The Morgan fingerprint density at radius 2 is 2.05 bits per heavy atom. The number of ether oxygens (including phenoxy) is 1. The molecule has 8 heteroatoms. The highest BCUT2D eigenvalue weighted by Crippen LogP contribution is 2.19. The van der Waals surface area contributed by atoms with Crippen molar-refractivity contribution in [1.82, 2.24) is 15.5 Å². The van der Waals surface area contributed by atoms with E-state index in [0.717, 1.165) is 5.56 Å². The van der Waals surface area contributed by atoms with Gasteiger partial charge in [-0.3, -0.25) is 10.1 Å². The molecule has 0 atom stereocenters. The Morgan fingerprint density at radius 1 is 1.35 bits per heavy atom. The summed E-state index contributed by atoms with van der Waals surface area (Å²) in [5.74, 6) is 0.799. The van der Waals surface area contributed by atoms with E-state index >= 15 is 0 Å². The van der Waals surface area contributed by atoms with Crippen molar-refractivity contribution >= 4 is 11.9 Å². The zero-order chi connectivity index (χ0) is 14.5. The van der Waals surface area contributed by atoms with Gasteiger partial charge in [0.05, 0.1) is 0 Å². The van der Waals surface area contributed by atoms with E-state index in [0.29, 0.717) is 17.5 Å². The summed E-state index contributed by atoms with van der Waals surface area (Å²) in [7, 11) is 0. The zero-order valence-electron chi connectivity index (χ0n) is 10.6. The first-order chi connectivity index (χ1) is 9.54. The molecule has 2 rings (SSSR count). The van der Waals surface area contributed by atoms with E-state index in [-0.39, 0.29) is 6.61 Å². The molecule has 20 heavy (non-hydrogen) atoms. The molecule has 0 aliphatic carbocycles. The fourth-order valence-corrected chi connectivity index (χ4v) is 1.44. The summed E-state index contributed by atoms with van der Waals surface area (Å²) in [6.45, 7) is 1.40. The summed E-state index contributed by atoms with van der Waals surface area (Å²) >= 11 is 0. The molecule has 0 unspecified atom stereocenters. The molecule has 0 radical (unpaired) electrons. The molecule has 104 valence electrons. The number of carbonyl (C=O) groups excluding carboxylic acids is 2. The Kier molecular flexibility index (Phi) is 3.94. The summed E-state index contributed by atoms with van der Waals surface area (Å²) < 4.78 is 10.1. The number of urea groups is 1. The van der Waals surface area contributed by atoms with Crippen LogP contribution in [0, 0.1) is 6.92 Å². The maximum atomic E-state index is 11.1. The van der Waals surface area contributed by atoms with Crippen LogP contribution in [-0.4, -0.2) is 28.7 Å². The van der Waals surface area contributed by atoms with Crippen molar-refractivity contribution in [2.24, 2.45) is 5.73 Å². The van der Waals surface area contributed by atoms with E-state index < -0.39 is 11.9 Å². The Labute approximate surface area is 113 Å². The van der Waals surface area contributed by atoms with Crippen LogP contribution in [-0.2, 0) is 4.79 Å². The van der Waals surface area contributed by atoms with Gasteiger partial charge in [-0.2, -0.15) is 4.98 Å². The monoisotopic (exact) mass is 276 g/mol. The molecule has 3 amide bonds. The molecule has 1 aromatic heterocycles. The van der Waals surface area contributed by atoms with Crippen LogP contribution in [0.25, 0.3) is 11.4 Å². The number of imide groups is 1. The predicted octanol–water partition coefficient (Wildman–Crippen LogP) is 0.619. The molecular formula is C12H12N4O4. The van der Waals surface area contributed by atoms with Gasteiger partial charge in [0.2, 0.25) is 11.7 Å². The lowest BCUT2D eigenvalue weighted by atomic mass is 10.2. The third-order valence-electron chi connectivity index (χ3n) is 2.27. The van der Waals surface area contributed by atoms with Gasteiger partial charge in [0.15, 0.2) is 6.61 Å². The maximum Gasteiger partial charge on any atom is 0.318 e. The summed E-state index contributed by atoms with van der Waals surface area (Å²) in [6.07, 6.45) is 0. The topological polar surface area (TPSA) is 120 Å². The lowest BCUT2D eigenvalue weighted by Gasteiger charge is -2.05. The molecule has 0 aliphatic heterocycles. The fourth-order valence-electron chi connectivity index (χ4n) is 1.44. The van der Waals surface area contributed by atoms with Crippen molar-refractivity contribution in [3.63, 3.8) is 0 Å². The second-order valence-electron chi connectivity index (χ2n) is 3.86. The minimum absolute atomic E-state index is 0.302. The number of hydrogen-bond acceptors (Lipinski definition) is 6. The SMILES string of the molecule is Cc1nc(-c2ccc(OCC(=O)NC(N)=O)cc2)no1. The number of benzene rings is 1. The number of nitrogens with zero attached hydrogens (tertiary/aromatic N) is 2. The van der Waals surface area contributed by atoms with Crippen LogP contribution in [0.1, 0.15) is 5.89 Å². The van der Waals surface area contributed by atoms with E-state index in [1.165, 1.54) is 0 Å². The quantitative estimate of drug-likeness (QED) is 0.844. The van der Waals surface area contributed by atoms with Gasteiger partial charge in [0.25, 0.3) is 5.91 Å². The van der Waals surface area contributed by atoms with Crippen molar-refractivity contribution in [2.75, 3.05) is 6.61 Å². The predicted molar refractivity (Wildman–Crippen MR) is 67.7 cm³/mol. The van der Waals surface area contributed by atoms with Crippen LogP contribution in [0.15, 0.2) is 28.8 Å². The van der Waals surface area contributed by atoms with E-state index in [1.54, 1.807) is 31.2 Å². The summed E-state index contributed by atoms with van der Waals surface area (Å²) in [6, 6.07) is 5.84. The lowest BCUT2D eigenvalue weighted by Crippen LogP contribution is -2.38. The van der Waals surface area contributed by atoms with Crippen LogP contribution in [0.2, 0.25) is 0 Å². The van der Waals surface area contributed by atoms with Crippen LogP contribution >= 0.6 is 0 Å². The van der Waals surface area contributed by atoms with Crippen molar-refractivity contribution in [3.8, 4) is 17.1 Å². The second kappa shape index (κ2) is 5.83. The number of aryl methyl sites for hydroxylation is 1. The third kappa shape index (κ3) is 3.55. The summed E-state index contributed by atoms with van der Waals surface area (Å²) in [4.78, 5) is 25.7. The molecule has 0 saturated heterocycles. The van der Waals surface area contributed by atoms with E-state index in [1.807, 2.05) is 5.32 Å². The first-order valence-electron chi connectivity index (χ1n) is 5.67. The molecule has 1 heterocycles. The van der Waals surface area contributed by atoms with Crippen molar-refractivity contribution in [3.05, 3.63) is 30.2 Å². The highest BCUT2D eigenvalue weighted by Gasteiger charge is 2.07. The smallest absolute Gasteiger partial charge is 0.318 e. The van der Waals surface area contributed by atoms with Crippen molar-refractivity contribution in [1.29, 1.82) is 0 Å². The van der Waals surface area contributed by atoms with Gasteiger partial charge in [-0.25, -0.2) is 4.79 Å². The Balaban J connectivity index is 1.95.